The second kappa shape index (κ2) is 10.3. The van der Waals surface area contributed by atoms with Gasteiger partial charge in [-0.2, -0.15) is 0 Å². The van der Waals surface area contributed by atoms with Crippen molar-refractivity contribution in [1.29, 1.82) is 0 Å². The fraction of sp³-hybridized carbons (Fsp3) is 0.308. The van der Waals surface area contributed by atoms with Gasteiger partial charge in [-0.25, -0.2) is 4.79 Å². The number of carbonyl (C=O) groups excluding carboxylic acids is 2. The van der Waals surface area contributed by atoms with Crippen LogP contribution in [0, 0.1) is 5.92 Å². The summed E-state index contributed by atoms with van der Waals surface area (Å²) in [4.78, 5) is 27.3. The van der Waals surface area contributed by atoms with Crippen molar-refractivity contribution in [1.82, 2.24) is 10.2 Å². The van der Waals surface area contributed by atoms with Crippen LogP contribution < -0.4 is 4.90 Å². The van der Waals surface area contributed by atoms with E-state index in [4.69, 9.17) is 9.47 Å². The van der Waals surface area contributed by atoms with Crippen LogP contribution in [-0.4, -0.2) is 48.9 Å². The lowest BCUT2D eigenvalue weighted by atomic mass is 9.93. The van der Waals surface area contributed by atoms with E-state index in [1.165, 1.54) is 7.11 Å². The zero-order valence-electron chi connectivity index (χ0n) is 18.9. The average molecular weight is 446 g/mol. The molecule has 7 heteroatoms. The Morgan fingerprint density at radius 1 is 0.939 bits per heavy atom. The minimum atomic E-state index is -0.437. The third-order valence-electron chi connectivity index (χ3n) is 5.87. The van der Waals surface area contributed by atoms with E-state index in [0.717, 1.165) is 11.1 Å². The van der Waals surface area contributed by atoms with Gasteiger partial charge in [0, 0.05) is 24.2 Å². The molecule has 170 valence electrons. The van der Waals surface area contributed by atoms with Crippen LogP contribution in [-0.2, 0) is 14.3 Å². The second-order valence-electron chi connectivity index (χ2n) is 7.86. The van der Waals surface area contributed by atoms with Crippen molar-refractivity contribution in [3.8, 4) is 22.4 Å². The number of carbonyl (C=O) groups is 2. The van der Waals surface area contributed by atoms with Crippen molar-refractivity contribution >= 4 is 17.8 Å². The molecule has 4 rings (SSSR count). The fourth-order valence-electron chi connectivity index (χ4n) is 4.22. The van der Waals surface area contributed by atoms with Crippen molar-refractivity contribution in [2.45, 2.75) is 19.8 Å². The van der Waals surface area contributed by atoms with Crippen LogP contribution in [0.15, 0.2) is 60.7 Å². The summed E-state index contributed by atoms with van der Waals surface area (Å²) >= 11 is 0. The summed E-state index contributed by atoms with van der Waals surface area (Å²) < 4.78 is 10.4. The normalized spacial score (nSPS) is 14.1. The fourth-order valence-corrected chi connectivity index (χ4v) is 4.22. The number of piperidine rings is 1. The van der Waals surface area contributed by atoms with Crippen LogP contribution in [0.3, 0.4) is 0 Å². The molecule has 0 aliphatic carbocycles. The van der Waals surface area contributed by atoms with Crippen molar-refractivity contribution in [2.24, 2.45) is 5.92 Å². The van der Waals surface area contributed by atoms with Gasteiger partial charge in [-0.3, -0.25) is 4.79 Å². The predicted molar refractivity (Wildman–Crippen MR) is 126 cm³/mol. The van der Waals surface area contributed by atoms with Gasteiger partial charge in [0.1, 0.15) is 11.3 Å². The maximum Gasteiger partial charge on any atom is 0.342 e. The lowest BCUT2D eigenvalue weighted by Crippen LogP contribution is -2.38. The second-order valence-corrected chi connectivity index (χ2v) is 7.86. The molecule has 33 heavy (non-hydrogen) atoms. The van der Waals surface area contributed by atoms with Gasteiger partial charge in [-0.15, -0.1) is 10.2 Å². The molecule has 0 bridgehead atoms. The Labute approximate surface area is 193 Å². The quantitative estimate of drug-likeness (QED) is 0.521. The number of benzene rings is 2. The molecule has 7 nitrogen and oxygen atoms in total. The monoisotopic (exact) mass is 445 g/mol. The third-order valence-corrected chi connectivity index (χ3v) is 5.87. The number of methoxy groups -OCH3 is 1. The van der Waals surface area contributed by atoms with Gasteiger partial charge in [-0.1, -0.05) is 60.7 Å². The lowest BCUT2D eigenvalue weighted by molar-refractivity contribution is -0.146. The number of rotatable bonds is 6. The molecule has 0 N–H and O–H groups in total. The van der Waals surface area contributed by atoms with Gasteiger partial charge in [0.2, 0.25) is 0 Å². The largest absolute Gasteiger partial charge is 0.469 e. The zero-order chi connectivity index (χ0) is 23.2. The van der Waals surface area contributed by atoms with Gasteiger partial charge in [0.25, 0.3) is 0 Å². The SMILES string of the molecule is CCOC(=O)c1c(N2CCC(C(=O)OC)CC2)nnc(-c2ccccc2)c1-c1ccccc1. The summed E-state index contributed by atoms with van der Waals surface area (Å²) in [6.45, 7) is 3.17. The maximum atomic E-state index is 13.3. The molecule has 3 aromatic rings. The highest BCUT2D eigenvalue weighted by Gasteiger charge is 2.32. The Hall–Kier alpha value is -3.74. The number of aromatic nitrogens is 2. The predicted octanol–water partition coefficient (Wildman–Crippen LogP) is 4.38. The molecule has 1 fully saturated rings. The first kappa shape index (κ1) is 22.5. The van der Waals surface area contributed by atoms with Crippen molar-refractivity contribution in [3.05, 3.63) is 66.2 Å². The summed E-state index contributed by atoms with van der Waals surface area (Å²) in [6, 6.07) is 19.4. The lowest BCUT2D eigenvalue weighted by Gasteiger charge is -2.32. The summed E-state index contributed by atoms with van der Waals surface area (Å²) in [5, 5.41) is 9.10. The maximum absolute atomic E-state index is 13.3. The summed E-state index contributed by atoms with van der Waals surface area (Å²) in [5.41, 5.74) is 3.44. The number of esters is 2. The summed E-state index contributed by atoms with van der Waals surface area (Å²) in [7, 11) is 1.41. The molecule has 1 saturated heterocycles. The smallest absolute Gasteiger partial charge is 0.342 e. The van der Waals surface area contributed by atoms with Gasteiger partial charge in [0.05, 0.1) is 19.6 Å². The molecule has 0 saturated carbocycles. The van der Waals surface area contributed by atoms with Crippen LogP contribution in [0.2, 0.25) is 0 Å². The number of hydrogen-bond donors (Lipinski definition) is 0. The highest BCUT2D eigenvalue weighted by atomic mass is 16.5. The Morgan fingerprint density at radius 2 is 1.55 bits per heavy atom. The molecule has 1 aliphatic heterocycles. The van der Waals surface area contributed by atoms with Crippen LogP contribution in [0.1, 0.15) is 30.1 Å². The summed E-state index contributed by atoms with van der Waals surface area (Å²) in [6.07, 6.45) is 1.25. The van der Waals surface area contributed by atoms with Crippen LogP contribution in [0.5, 0.6) is 0 Å². The van der Waals surface area contributed by atoms with Gasteiger partial charge < -0.3 is 14.4 Å². The van der Waals surface area contributed by atoms with E-state index in [-0.39, 0.29) is 18.5 Å². The number of anilines is 1. The van der Waals surface area contributed by atoms with E-state index < -0.39 is 5.97 Å². The molecule has 0 spiro atoms. The molecule has 0 radical (unpaired) electrons. The van der Waals surface area contributed by atoms with Gasteiger partial charge in [0.15, 0.2) is 5.82 Å². The van der Waals surface area contributed by atoms with Crippen molar-refractivity contribution in [3.63, 3.8) is 0 Å². The Morgan fingerprint density at radius 3 is 2.12 bits per heavy atom. The number of ether oxygens (including phenoxy) is 2. The van der Waals surface area contributed by atoms with E-state index in [9.17, 15) is 9.59 Å². The molecule has 1 aliphatic rings. The van der Waals surface area contributed by atoms with Crippen molar-refractivity contribution in [2.75, 3.05) is 31.7 Å². The first-order valence-electron chi connectivity index (χ1n) is 11.2. The van der Waals surface area contributed by atoms with Gasteiger partial charge >= 0.3 is 11.9 Å². The number of nitrogens with zero attached hydrogens (tertiary/aromatic N) is 3. The molecule has 0 atom stereocenters. The van der Waals surface area contributed by atoms with Crippen LogP contribution >= 0.6 is 0 Å². The van der Waals surface area contributed by atoms with E-state index in [1.54, 1.807) is 6.92 Å². The topological polar surface area (TPSA) is 81.6 Å². The molecule has 1 aromatic heterocycles. The molecule has 2 heterocycles. The van der Waals surface area contributed by atoms with E-state index in [2.05, 4.69) is 10.2 Å². The standard InChI is InChI=1S/C26H27N3O4/c1-3-33-26(31)22-21(18-10-6-4-7-11-18)23(19-12-8-5-9-13-19)27-28-24(22)29-16-14-20(15-17-29)25(30)32-2/h4-13,20H,3,14-17H2,1-2H3. The van der Waals surface area contributed by atoms with Crippen molar-refractivity contribution < 1.29 is 19.1 Å². The minimum absolute atomic E-state index is 0.151. The van der Waals surface area contributed by atoms with E-state index >= 15 is 0 Å². The van der Waals surface area contributed by atoms with E-state index in [1.807, 2.05) is 65.6 Å². The third kappa shape index (κ3) is 4.72. The van der Waals surface area contributed by atoms with E-state index in [0.29, 0.717) is 48.6 Å². The highest BCUT2D eigenvalue weighted by Crippen LogP contribution is 2.38. The highest BCUT2D eigenvalue weighted by molar-refractivity contribution is 6.05. The molecular weight excluding hydrogens is 418 g/mol. The first-order chi connectivity index (χ1) is 16.1. The Bertz CT molecular complexity index is 1110. The minimum Gasteiger partial charge on any atom is -0.469 e. The van der Waals surface area contributed by atoms with Crippen LogP contribution in [0.4, 0.5) is 5.82 Å². The first-order valence-corrected chi connectivity index (χ1v) is 11.2. The van der Waals surface area contributed by atoms with Crippen LogP contribution in [0.25, 0.3) is 22.4 Å². The molecular formula is C26H27N3O4. The average Bonchev–Trinajstić information content (AvgIpc) is 2.88. The summed E-state index contributed by atoms with van der Waals surface area (Å²) in [5.74, 6) is -0.304. The van der Waals surface area contributed by atoms with Gasteiger partial charge in [-0.05, 0) is 25.3 Å². The number of hydrogen-bond acceptors (Lipinski definition) is 7. The zero-order valence-corrected chi connectivity index (χ0v) is 18.9. The molecule has 0 unspecified atom stereocenters. The Kier molecular flexibility index (Phi) is 6.98. The Balaban J connectivity index is 1.86. The molecule has 2 aromatic carbocycles. The molecule has 0 amide bonds.